The number of hydrogen-bond acceptors (Lipinski definition) is 4. The summed E-state index contributed by atoms with van der Waals surface area (Å²) >= 11 is 0. The molecule has 2 aromatic heterocycles. The van der Waals surface area contributed by atoms with Crippen LogP contribution in [0.15, 0.2) is 37.1 Å². The third kappa shape index (κ3) is 4.48. The van der Waals surface area contributed by atoms with Gasteiger partial charge < -0.3 is 11.1 Å². The summed E-state index contributed by atoms with van der Waals surface area (Å²) < 4.78 is 1.77. The summed E-state index contributed by atoms with van der Waals surface area (Å²) in [7, 11) is 0. The molecule has 20 heavy (non-hydrogen) atoms. The van der Waals surface area contributed by atoms with Crippen molar-refractivity contribution in [3.63, 3.8) is 0 Å². The highest BCUT2D eigenvalue weighted by molar-refractivity contribution is 5.94. The van der Waals surface area contributed by atoms with E-state index in [2.05, 4.69) is 15.3 Å². The van der Waals surface area contributed by atoms with E-state index in [1.165, 1.54) is 6.20 Å². The lowest BCUT2D eigenvalue weighted by molar-refractivity contribution is 0.0941. The molecule has 110 valence electrons. The molecule has 0 unspecified atom stereocenters. The zero-order valence-electron chi connectivity index (χ0n) is 10.9. The molecule has 3 N–H and O–H groups in total. The lowest BCUT2D eigenvalue weighted by atomic mass is 10.2. The van der Waals surface area contributed by atoms with Crippen molar-refractivity contribution >= 4 is 30.7 Å². The Balaban J connectivity index is 0.00000180. The number of carbonyl (C=O) groups is 1. The molecular formula is C12H17Cl2N5O. The number of halogens is 2. The minimum absolute atomic E-state index is 0. The van der Waals surface area contributed by atoms with Crippen LogP contribution in [0.3, 0.4) is 0 Å². The molecule has 2 aromatic rings. The Bertz CT molecular complexity index is 515. The first-order valence-corrected chi connectivity index (χ1v) is 5.66. The molecule has 0 aliphatic rings. The standard InChI is InChI=1S/C12H15N5O.2ClH/c1-9(6-13)16-12(18)10-2-3-11(15-7-10)17-5-4-14-8-17;;/h2-5,7-9H,6,13H2,1H3,(H,16,18);2*1H/t9-;;/m0../s1. The number of amides is 1. The van der Waals surface area contributed by atoms with Gasteiger partial charge in [-0.05, 0) is 19.1 Å². The molecule has 0 radical (unpaired) electrons. The van der Waals surface area contributed by atoms with Gasteiger partial charge >= 0.3 is 0 Å². The lowest BCUT2D eigenvalue weighted by Gasteiger charge is -2.11. The van der Waals surface area contributed by atoms with Crippen LogP contribution >= 0.6 is 24.8 Å². The fraction of sp³-hybridized carbons (Fsp3) is 0.250. The van der Waals surface area contributed by atoms with Crippen LogP contribution in [0.1, 0.15) is 17.3 Å². The Morgan fingerprint density at radius 1 is 1.45 bits per heavy atom. The molecule has 2 heterocycles. The molecule has 0 aliphatic carbocycles. The first-order valence-electron chi connectivity index (χ1n) is 5.66. The average molecular weight is 318 g/mol. The molecule has 0 saturated heterocycles. The maximum absolute atomic E-state index is 11.8. The number of rotatable bonds is 4. The van der Waals surface area contributed by atoms with Crippen LogP contribution in [0.2, 0.25) is 0 Å². The van der Waals surface area contributed by atoms with E-state index < -0.39 is 0 Å². The number of nitrogens with zero attached hydrogens (tertiary/aromatic N) is 3. The monoisotopic (exact) mass is 317 g/mol. The first-order chi connectivity index (χ1) is 8.70. The quantitative estimate of drug-likeness (QED) is 0.886. The molecular weight excluding hydrogens is 301 g/mol. The van der Waals surface area contributed by atoms with Gasteiger partial charge in [-0.25, -0.2) is 9.97 Å². The Morgan fingerprint density at radius 2 is 2.20 bits per heavy atom. The largest absolute Gasteiger partial charge is 0.348 e. The zero-order chi connectivity index (χ0) is 13.0. The van der Waals surface area contributed by atoms with E-state index in [9.17, 15) is 4.79 Å². The SMILES string of the molecule is C[C@@H](CN)NC(=O)c1ccc(-n2ccnc2)nc1.Cl.Cl. The maximum Gasteiger partial charge on any atom is 0.253 e. The van der Waals surface area contributed by atoms with Gasteiger partial charge in [-0.1, -0.05) is 0 Å². The molecule has 0 bridgehead atoms. The summed E-state index contributed by atoms with van der Waals surface area (Å²) in [6, 6.07) is 3.44. The molecule has 0 saturated carbocycles. The molecule has 6 nitrogen and oxygen atoms in total. The molecule has 0 fully saturated rings. The number of nitrogens with two attached hydrogens (primary N) is 1. The first kappa shape index (κ1) is 18.4. The highest BCUT2D eigenvalue weighted by atomic mass is 35.5. The van der Waals surface area contributed by atoms with Gasteiger partial charge in [-0.15, -0.1) is 24.8 Å². The summed E-state index contributed by atoms with van der Waals surface area (Å²) in [4.78, 5) is 19.9. The van der Waals surface area contributed by atoms with Gasteiger partial charge in [-0.2, -0.15) is 0 Å². The van der Waals surface area contributed by atoms with Gasteiger partial charge in [0, 0.05) is 31.2 Å². The minimum atomic E-state index is -0.169. The number of pyridine rings is 1. The number of carbonyl (C=O) groups excluding carboxylic acids is 1. The Labute approximate surface area is 129 Å². The van der Waals surface area contributed by atoms with E-state index in [-0.39, 0.29) is 36.8 Å². The normalized spacial score (nSPS) is 10.9. The number of nitrogens with one attached hydrogen (secondary N) is 1. The van der Waals surface area contributed by atoms with Crippen LogP contribution in [-0.4, -0.2) is 33.0 Å². The van der Waals surface area contributed by atoms with Crippen molar-refractivity contribution in [2.45, 2.75) is 13.0 Å². The van der Waals surface area contributed by atoms with Gasteiger partial charge in [0.05, 0.1) is 5.56 Å². The Morgan fingerprint density at radius 3 is 2.70 bits per heavy atom. The van der Waals surface area contributed by atoms with E-state index in [1.807, 2.05) is 6.92 Å². The second-order valence-corrected chi connectivity index (χ2v) is 3.99. The van der Waals surface area contributed by atoms with Crippen molar-refractivity contribution in [2.24, 2.45) is 5.73 Å². The Hall–Kier alpha value is -1.63. The summed E-state index contributed by atoms with van der Waals surface area (Å²) in [5.74, 6) is 0.550. The van der Waals surface area contributed by atoms with Gasteiger partial charge in [-0.3, -0.25) is 9.36 Å². The van der Waals surface area contributed by atoms with Gasteiger partial charge in [0.15, 0.2) is 0 Å². The number of imidazole rings is 1. The maximum atomic E-state index is 11.8. The summed E-state index contributed by atoms with van der Waals surface area (Å²) in [6.45, 7) is 2.26. The van der Waals surface area contributed by atoms with Crippen molar-refractivity contribution in [3.05, 3.63) is 42.6 Å². The van der Waals surface area contributed by atoms with E-state index >= 15 is 0 Å². The van der Waals surface area contributed by atoms with Crippen LogP contribution in [0.5, 0.6) is 0 Å². The third-order valence-corrected chi connectivity index (χ3v) is 2.51. The number of hydrogen-bond donors (Lipinski definition) is 2. The van der Waals surface area contributed by atoms with Crippen LogP contribution < -0.4 is 11.1 Å². The Kier molecular flexibility index (Phi) is 7.83. The van der Waals surface area contributed by atoms with Crippen molar-refractivity contribution in [3.8, 4) is 5.82 Å². The van der Waals surface area contributed by atoms with E-state index in [1.54, 1.807) is 35.4 Å². The van der Waals surface area contributed by atoms with E-state index in [0.29, 0.717) is 12.1 Å². The van der Waals surface area contributed by atoms with E-state index in [4.69, 9.17) is 5.73 Å². The summed E-state index contributed by atoms with van der Waals surface area (Å²) in [5, 5.41) is 2.78. The third-order valence-electron chi connectivity index (χ3n) is 2.51. The second-order valence-electron chi connectivity index (χ2n) is 3.99. The molecule has 1 amide bonds. The van der Waals surface area contributed by atoms with Crippen LogP contribution in [0.25, 0.3) is 5.82 Å². The van der Waals surface area contributed by atoms with Crippen molar-refractivity contribution in [2.75, 3.05) is 6.54 Å². The van der Waals surface area contributed by atoms with Gasteiger partial charge in [0.2, 0.25) is 0 Å². The second kappa shape index (κ2) is 8.52. The molecule has 0 aromatic carbocycles. The van der Waals surface area contributed by atoms with E-state index in [0.717, 1.165) is 5.82 Å². The summed E-state index contributed by atoms with van der Waals surface area (Å²) in [5.41, 5.74) is 5.96. The molecule has 0 aliphatic heterocycles. The fourth-order valence-electron chi connectivity index (χ4n) is 1.43. The van der Waals surface area contributed by atoms with Crippen LogP contribution in [-0.2, 0) is 0 Å². The van der Waals surface area contributed by atoms with Crippen molar-refractivity contribution < 1.29 is 4.79 Å². The molecule has 1 atom stereocenters. The molecule has 0 spiro atoms. The predicted octanol–water partition coefficient (Wildman–Crippen LogP) is 1.19. The average Bonchev–Trinajstić information content (AvgIpc) is 2.92. The predicted molar refractivity (Wildman–Crippen MR) is 81.8 cm³/mol. The van der Waals surface area contributed by atoms with Crippen LogP contribution in [0, 0.1) is 0 Å². The smallest absolute Gasteiger partial charge is 0.253 e. The molecule has 2 rings (SSSR count). The van der Waals surface area contributed by atoms with Crippen molar-refractivity contribution in [1.82, 2.24) is 19.9 Å². The molecule has 8 heteroatoms. The number of aromatic nitrogens is 3. The topological polar surface area (TPSA) is 85.8 Å². The summed E-state index contributed by atoms with van der Waals surface area (Å²) in [6.07, 6.45) is 6.65. The highest BCUT2D eigenvalue weighted by Gasteiger charge is 2.09. The fourth-order valence-corrected chi connectivity index (χ4v) is 1.43. The van der Waals surface area contributed by atoms with Gasteiger partial charge in [0.1, 0.15) is 12.1 Å². The zero-order valence-corrected chi connectivity index (χ0v) is 12.5. The van der Waals surface area contributed by atoms with Gasteiger partial charge in [0.25, 0.3) is 5.91 Å². The van der Waals surface area contributed by atoms with Crippen LogP contribution in [0.4, 0.5) is 0 Å². The minimum Gasteiger partial charge on any atom is -0.348 e. The van der Waals surface area contributed by atoms with Crippen molar-refractivity contribution in [1.29, 1.82) is 0 Å². The lowest BCUT2D eigenvalue weighted by Crippen LogP contribution is -2.37. The highest BCUT2D eigenvalue weighted by Crippen LogP contribution is 2.05.